The molecule has 0 unspecified atom stereocenters. The van der Waals surface area contributed by atoms with Crippen molar-refractivity contribution < 1.29 is 28.2 Å². The van der Waals surface area contributed by atoms with Crippen LogP contribution in [-0.2, 0) is 16.2 Å². The summed E-state index contributed by atoms with van der Waals surface area (Å²) in [6.07, 6.45) is 1.36. The van der Waals surface area contributed by atoms with Crippen LogP contribution in [0.25, 0.3) is 6.08 Å². The predicted octanol–water partition coefficient (Wildman–Crippen LogP) is 5.15. The molecule has 7 nitrogen and oxygen atoms in total. The maximum absolute atomic E-state index is 14.0. The highest BCUT2D eigenvalue weighted by Gasteiger charge is 2.37. The molecule has 35 heavy (non-hydrogen) atoms. The molecule has 178 valence electrons. The molecule has 9 heteroatoms. The van der Waals surface area contributed by atoms with E-state index in [4.69, 9.17) is 9.47 Å². The summed E-state index contributed by atoms with van der Waals surface area (Å²) in [7, 11) is 1.44. The maximum atomic E-state index is 14.0. The average molecular weight is 539 g/mol. The normalized spacial score (nSPS) is 14.8. The first kappa shape index (κ1) is 24.2. The van der Waals surface area contributed by atoms with Gasteiger partial charge in [0.1, 0.15) is 18.0 Å². The van der Waals surface area contributed by atoms with E-state index in [1.807, 2.05) is 0 Å². The summed E-state index contributed by atoms with van der Waals surface area (Å²) < 4.78 is 25.6. The Hall–Kier alpha value is -3.98. The summed E-state index contributed by atoms with van der Waals surface area (Å²) in [5.74, 6) is -1.31. The number of carbonyl (C=O) groups excluding carboxylic acids is 3. The highest BCUT2D eigenvalue weighted by molar-refractivity contribution is 9.10. The smallest absolute Gasteiger partial charge is 0.335 e. The summed E-state index contributed by atoms with van der Waals surface area (Å²) in [5, 5.41) is 2.21. The van der Waals surface area contributed by atoms with Gasteiger partial charge < -0.3 is 9.47 Å². The predicted molar refractivity (Wildman–Crippen MR) is 132 cm³/mol. The van der Waals surface area contributed by atoms with Crippen LogP contribution in [0.3, 0.4) is 0 Å². The Morgan fingerprint density at radius 2 is 1.77 bits per heavy atom. The minimum atomic E-state index is -0.817. The molecule has 0 saturated carbocycles. The molecule has 0 aromatic heterocycles. The molecule has 1 aliphatic heterocycles. The molecule has 1 saturated heterocycles. The number of amides is 4. The van der Waals surface area contributed by atoms with Crippen molar-refractivity contribution in [2.75, 3.05) is 12.0 Å². The second kappa shape index (κ2) is 10.1. The van der Waals surface area contributed by atoms with Gasteiger partial charge in [0.05, 0.1) is 17.3 Å². The SMILES string of the molecule is COc1cc(/C=C2\C(=O)NC(=O)N(c3ccccc3C)C2=O)cc(Br)c1OCc1ccccc1F. The second-order valence-electron chi connectivity index (χ2n) is 7.66. The minimum Gasteiger partial charge on any atom is -0.493 e. The van der Waals surface area contributed by atoms with E-state index >= 15 is 0 Å². The van der Waals surface area contributed by atoms with E-state index in [0.717, 1.165) is 4.90 Å². The highest BCUT2D eigenvalue weighted by atomic mass is 79.9. The maximum Gasteiger partial charge on any atom is 0.335 e. The van der Waals surface area contributed by atoms with Crippen molar-refractivity contribution in [1.29, 1.82) is 0 Å². The number of imide groups is 2. The lowest BCUT2D eigenvalue weighted by molar-refractivity contribution is -0.122. The van der Waals surface area contributed by atoms with E-state index in [0.29, 0.717) is 38.3 Å². The summed E-state index contributed by atoms with van der Waals surface area (Å²) in [6, 6.07) is 15.5. The number of halogens is 2. The van der Waals surface area contributed by atoms with Crippen molar-refractivity contribution in [3.63, 3.8) is 0 Å². The lowest BCUT2D eigenvalue weighted by atomic mass is 10.1. The van der Waals surface area contributed by atoms with Crippen molar-refractivity contribution in [1.82, 2.24) is 5.32 Å². The van der Waals surface area contributed by atoms with Crippen LogP contribution in [-0.4, -0.2) is 25.0 Å². The van der Waals surface area contributed by atoms with Gasteiger partial charge in [-0.15, -0.1) is 0 Å². The van der Waals surface area contributed by atoms with Crippen molar-refractivity contribution in [3.05, 3.63) is 93.2 Å². The Balaban J connectivity index is 1.66. The number of rotatable bonds is 6. The average Bonchev–Trinajstić information content (AvgIpc) is 2.83. The molecule has 1 aliphatic rings. The van der Waals surface area contributed by atoms with Crippen LogP contribution in [0, 0.1) is 12.7 Å². The van der Waals surface area contributed by atoms with E-state index in [2.05, 4.69) is 21.2 Å². The molecule has 4 amide bonds. The van der Waals surface area contributed by atoms with Crippen molar-refractivity contribution in [2.24, 2.45) is 0 Å². The molecule has 3 aromatic rings. The number of para-hydroxylation sites is 1. The van der Waals surface area contributed by atoms with Gasteiger partial charge in [0.25, 0.3) is 11.8 Å². The first-order valence-electron chi connectivity index (χ1n) is 10.5. The fraction of sp³-hybridized carbons (Fsp3) is 0.115. The third kappa shape index (κ3) is 4.95. The van der Waals surface area contributed by atoms with E-state index in [-0.39, 0.29) is 12.2 Å². The van der Waals surface area contributed by atoms with E-state index < -0.39 is 23.7 Å². The fourth-order valence-corrected chi connectivity index (χ4v) is 4.16. The first-order chi connectivity index (χ1) is 16.8. The number of barbiturate groups is 1. The van der Waals surface area contributed by atoms with Crippen LogP contribution in [0.5, 0.6) is 11.5 Å². The van der Waals surface area contributed by atoms with Gasteiger partial charge in [-0.2, -0.15) is 0 Å². The van der Waals surface area contributed by atoms with Gasteiger partial charge in [-0.05, 0) is 64.3 Å². The van der Waals surface area contributed by atoms with Gasteiger partial charge in [0.2, 0.25) is 0 Å². The third-order valence-corrected chi connectivity index (χ3v) is 5.94. The molecule has 1 fully saturated rings. The number of methoxy groups -OCH3 is 1. The zero-order valence-corrected chi connectivity index (χ0v) is 20.4. The zero-order valence-electron chi connectivity index (χ0n) is 18.8. The number of aryl methyl sites for hydroxylation is 1. The summed E-state index contributed by atoms with van der Waals surface area (Å²) in [6.45, 7) is 1.73. The third-order valence-electron chi connectivity index (χ3n) is 5.35. The summed E-state index contributed by atoms with van der Waals surface area (Å²) >= 11 is 3.42. The zero-order chi connectivity index (χ0) is 25.1. The Bertz CT molecular complexity index is 1370. The highest BCUT2D eigenvalue weighted by Crippen LogP contribution is 2.38. The molecular weight excluding hydrogens is 519 g/mol. The van der Waals surface area contributed by atoms with Crippen LogP contribution in [0.2, 0.25) is 0 Å². The Morgan fingerprint density at radius 3 is 2.49 bits per heavy atom. The number of urea groups is 1. The first-order valence-corrected chi connectivity index (χ1v) is 11.3. The number of anilines is 1. The number of hydrogen-bond donors (Lipinski definition) is 1. The molecule has 1 heterocycles. The largest absolute Gasteiger partial charge is 0.493 e. The topological polar surface area (TPSA) is 84.9 Å². The Morgan fingerprint density at radius 1 is 1.06 bits per heavy atom. The molecule has 3 aromatic carbocycles. The number of benzene rings is 3. The number of nitrogens with one attached hydrogen (secondary N) is 1. The van der Waals surface area contributed by atoms with Gasteiger partial charge in [0.15, 0.2) is 11.5 Å². The van der Waals surface area contributed by atoms with E-state index in [9.17, 15) is 18.8 Å². The van der Waals surface area contributed by atoms with Gasteiger partial charge >= 0.3 is 6.03 Å². The lowest BCUT2D eigenvalue weighted by Crippen LogP contribution is -2.54. The Kier molecular flexibility index (Phi) is 6.97. The molecule has 0 atom stereocenters. The number of nitrogens with zero attached hydrogens (tertiary/aromatic N) is 1. The fourth-order valence-electron chi connectivity index (χ4n) is 3.59. The van der Waals surface area contributed by atoms with E-state index in [1.165, 1.54) is 19.3 Å². The quantitative estimate of drug-likeness (QED) is 0.346. The van der Waals surface area contributed by atoms with E-state index in [1.54, 1.807) is 61.5 Å². The monoisotopic (exact) mass is 538 g/mol. The molecular formula is C26H20BrFN2O5. The van der Waals surface area contributed by atoms with Crippen LogP contribution < -0.4 is 19.7 Å². The van der Waals surface area contributed by atoms with Crippen molar-refractivity contribution in [2.45, 2.75) is 13.5 Å². The Labute approximate surface area is 209 Å². The van der Waals surface area contributed by atoms with Crippen molar-refractivity contribution in [3.8, 4) is 11.5 Å². The lowest BCUT2D eigenvalue weighted by Gasteiger charge is -2.27. The number of ether oxygens (including phenoxy) is 2. The number of carbonyl (C=O) groups is 3. The number of hydrogen-bond acceptors (Lipinski definition) is 5. The molecule has 0 bridgehead atoms. The van der Waals surface area contributed by atoms with Crippen LogP contribution in [0.1, 0.15) is 16.7 Å². The standard InChI is InChI=1S/C26H20BrFN2O5/c1-15-7-3-6-10-21(15)30-25(32)18(24(31)29-26(30)33)11-16-12-19(27)23(22(13-16)34-2)35-14-17-8-4-5-9-20(17)28/h3-13H,14H2,1-2H3,(H,29,31,33)/b18-11+. The second-order valence-corrected chi connectivity index (χ2v) is 8.51. The minimum absolute atomic E-state index is 0.0313. The summed E-state index contributed by atoms with van der Waals surface area (Å²) in [5.41, 5.74) is 1.68. The molecule has 0 aliphatic carbocycles. The van der Waals surface area contributed by atoms with Gasteiger partial charge in [0, 0.05) is 5.56 Å². The van der Waals surface area contributed by atoms with Gasteiger partial charge in [-0.3, -0.25) is 14.9 Å². The molecule has 0 spiro atoms. The van der Waals surface area contributed by atoms with Crippen LogP contribution in [0.4, 0.5) is 14.9 Å². The van der Waals surface area contributed by atoms with Crippen LogP contribution >= 0.6 is 15.9 Å². The molecule has 4 rings (SSSR count). The van der Waals surface area contributed by atoms with Crippen molar-refractivity contribution >= 4 is 45.5 Å². The van der Waals surface area contributed by atoms with Gasteiger partial charge in [-0.1, -0.05) is 36.4 Å². The van der Waals surface area contributed by atoms with Gasteiger partial charge in [-0.25, -0.2) is 14.1 Å². The summed E-state index contributed by atoms with van der Waals surface area (Å²) in [4.78, 5) is 39.1. The molecule has 1 N–H and O–H groups in total. The molecule has 0 radical (unpaired) electrons. The van der Waals surface area contributed by atoms with Crippen LogP contribution in [0.15, 0.2) is 70.7 Å².